The van der Waals surface area contributed by atoms with E-state index in [4.69, 9.17) is 11.6 Å². The Kier molecular flexibility index (Phi) is 4.92. The lowest BCUT2D eigenvalue weighted by atomic mass is 10.4. The summed E-state index contributed by atoms with van der Waals surface area (Å²) in [6, 6.07) is 0. The fourth-order valence-corrected chi connectivity index (χ4v) is 3.27. The summed E-state index contributed by atoms with van der Waals surface area (Å²) in [7, 11) is -3.08. The van der Waals surface area contributed by atoms with Crippen molar-refractivity contribution in [2.75, 3.05) is 12.4 Å². The van der Waals surface area contributed by atoms with E-state index in [2.05, 4.69) is 4.72 Å². The summed E-state index contributed by atoms with van der Waals surface area (Å²) in [6.45, 7) is 0.353. The maximum absolute atomic E-state index is 11.6. The second-order valence-electron chi connectivity index (χ2n) is 3.43. The number of sulfonamides is 1. The molecule has 0 aliphatic heterocycles. The Balaban J connectivity index is 2.37. The van der Waals surface area contributed by atoms with Gasteiger partial charge in [0.05, 0.1) is 5.25 Å². The third-order valence-electron chi connectivity index (χ3n) is 2.40. The van der Waals surface area contributed by atoms with Crippen molar-refractivity contribution in [3.8, 4) is 0 Å². The number of hydrogen-bond acceptors (Lipinski definition) is 2. The quantitative estimate of drug-likeness (QED) is 0.584. The molecule has 0 aromatic rings. The highest BCUT2D eigenvalue weighted by Gasteiger charge is 2.27. The van der Waals surface area contributed by atoms with Gasteiger partial charge in [-0.15, -0.1) is 11.6 Å². The molecule has 1 saturated carbocycles. The standard InChI is InChI=1S/C9H16ClNO2S/c10-7-3-4-8-11-14(12,13)9-5-1-2-6-9/h3-4,9,11H,1-2,5-8H2/b4-3+. The number of alkyl halides is 1. The van der Waals surface area contributed by atoms with Crippen LogP contribution < -0.4 is 4.72 Å². The number of nitrogens with one attached hydrogen (secondary N) is 1. The number of hydrogen-bond donors (Lipinski definition) is 1. The Bertz CT molecular complexity index is 281. The summed E-state index contributed by atoms with van der Waals surface area (Å²) < 4.78 is 25.8. The highest BCUT2D eigenvalue weighted by Crippen LogP contribution is 2.23. The van der Waals surface area contributed by atoms with Crippen molar-refractivity contribution in [1.82, 2.24) is 4.72 Å². The average Bonchev–Trinajstić information content (AvgIpc) is 2.65. The van der Waals surface area contributed by atoms with Crippen LogP contribution in [0.3, 0.4) is 0 Å². The van der Waals surface area contributed by atoms with Crippen molar-refractivity contribution < 1.29 is 8.42 Å². The van der Waals surface area contributed by atoms with Gasteiger partial charge in [0.15, 0.2) is 0 Å². The van der Waals surface area contributed by atoms with Gasteiger partial charge in [0.2, 0.25) is 10.0 Å². The monoisotopic (exact) mass is 237 g/mol. The smallest absolute Gasteiger partial charge is 0.212 e. The first kappa shape index (κ1) is 12.0. The first-order valence-corrected chi connectivity index (χ1v) is 6.94. The van der Waals surface area contributed by atoms with Crippen molar-refractivity contribution in [2.45, 2.75) is 30.9 Å². The number of halogens is 1. The normalized spacial score (nSPS) is 19.5. The highest BCUT2D eigenvalue weighted by atomic mass is 35.5. The Labute approximate surface area is 90.6 Å². The van der Waals surface area contributed by atoms with E-state index in [-0.39, 0.29) is 5.25 Å². The van der Waals surface area contributed by atoms with Crippen LogP contribution in [-0.2, 0) is 10.0 Å². The molecule has 0 bridgehead atoms. The zero-order valence-electron chi connectivity index (χ0n) is 8.08. The molecule has 0 atom stereocenters. The van der Waals surface area contributed by atoms with Crippen molar-refractivity contribution in [1.29, 1.82) is 0 Å². The molecule has 0 aromatic heterocycles. The molecule has 1 N–H and O–H groups in total. The number of rotatable bonds is 5. The first-order chi connectivity index (χ1) is 6.67. The van der Waals surface area contributed by atoms with Crippen LogP contribution >= 0.6 is 11.6 Å². The van der Waals surface area contributed by atoms with Crippen LogP contribution in [0.1, 0.15) is 25.7 Å². The van der Waals surface area contributed by atoms with E-state index in [0.717, 1.165) is 25.7 Å². The van der Waals surface area contributed by atoms with E-state index in [1.807, 2.05) is 0 Å². The van der Waals surface area contributed by atoms with Crippen LogP contribution in [0.4, 0.5) is 0 Å². The van der Waals surface area contributed by atoms with Gasteiger partial charge < -0.3 is 0 Å². The molecule has 0 radical (unpaired) electrons. The molecule has 1 fully saturated rings. The van der Waals surface area contributed by atoms with E-state index in [1.165, 1.54) is 0 Å². The van der Waals surface area contributed by atoms with E-state index >= 15 is 0 Å². The lowest BCUT2D eigenvalue weighted by molar-refractivity contribution is 0.568. The topological polar surface area (TPSA) is 46.2 Å². The van der Waals surface area contributed by atoms with Gasteiger partial charge in [-0.05, 0) is 12.8 Å². The van der Waals surface area contributed by atoms with Crippen molar-refractivity contribution in [2.24, 2.45) is 0 Å². The zero-order chi connectivity index (χ0) is 10.4. The summed E-state index contributed by atoms with van der Waals surface area (Å²) in [5.74, 6) is 0.422. The predicted octanol–water partition coefficient (Wildman–Crippen LogP) is 1.64. The first-order valence-electron chi connectivity index (χ1n) is 4.86. The molecule has 0 heterocycles. The Morgan fingerprint density at radius 3 is 2.50 bits per heavy atom. The van der Waals surface area contributed by atoms with Crippen LogP contribution in [0.25, 0.3) is 0 Å². The lowest BCUT2D eigenvalue weighted by Gasteiger charge is -2.10. The molecular weight excluding hydrogens is 222 g/mol. The van der Waals surface area contributed by atoms with Crippen LogP contribution in [-0.4, -0.2) is 26.1 Å². The molecule has 0 spiro atoms. The van der Waals surface area contributed by atoms with Crippen LogP contribution in [0.5, 0.6) is 0 Å². The molecule has 3 nitrogen and oxygen atoms in total. The van der Waals surface area contributed by atoms with Crippen LogP contribution in [0, 0.1) is 0 Å². The molecule has 0 amide bonds. The molecule has 14 heavy (non-hydrogen) atoms. The Morgan fingerprint density at radius 2 is 1.93 bits per heavy atom. The summed E-state index contributed by atoms with van der Waals surface area (Å²) in [5, 5.41) is -0.174. The number of allylic oxidation sites excluding steroid dienone is 1. The van der Waals surface area contributed by atoms with Gasteiger partial charge in [-0.2, -0.15) is 0 Å². The maximum atomic E-state index is 11.6. The summed E-state index contributed by atoms with van der Waals surface area (Å²) >= 11 is 5.41. The minimum absolute atomic E-state index is 0.174. The van der Waals surface area contributed by atoms with Gasteiger partial charge in [-0.3, -0.25) is 0 Å². The van der Waals surface area contributed by atoms with E-state index in [1.54, 1.807) is 12.2 Å². The third-order valence-corrected chi connectivity index (χ3v) is 4.50. The average molecular weight is 238 g/mol. The maximum Gasteiger partial charge on any atom is 0.214 e. The zero-order valence-corrected chi connectivity index (χ0v) is 9.65. The Hall–Kier alpha value is -0.0600. The van der Waals surface area contributed by atoms with E-state index in [9.17, 15) is 8.42 Å². The van der Waals surface area contributed by atoms with Gasteiger partial charge in [0.25, 0.3) is 0 Å². The minimum Gasteiger partial charge on any atom is -0.212 e. The second kappa shape index (κ2) is 5.73. The molecular formula is C9H16ClNO2S. The molecule has 1 aliphatic rings. The Morgan fingerprint density at radius 1 is 1.29 bits per heavy atom. The minimum atomic E-state index is -3.08. The molecule has 0 aromatic carbocycles. The predicted molar refractivity (Wildman–Crippen MR) is 59.0 cm³/mol. The van der Waals surface area contributed by atoms with Crippen LogP contribution in [0.2, 0.25) is 0 Å². The SMILES string of the molecule is O=S(=O)(NC/C=C/CCl)C1CCCC1. The van der Waals surface area contributed by atoms with Gasteiger partial charge in [0.1, 0.15) is 0 Å². The molecule has 0 unspecified atom stereocenters. The van der Waals surface area contributed by atoms with Gasteiger partial charge in [-0.1, -0.05) is 25.0 Å². The molecule has 1 aliphatic carbocycles. The molecule has 5 heteroatoms. The van der Waals surface area contributed by atoms with Crippen molar-refractivity contribution in [3.05, 3.63) is 12.2 Å². The fraction of sp³-hybridized carbons (Fsp3) is 0.778. The second-order valence-corrected chi connectivity index (χ2v) is 5.78. The van der Waals surface area contributed by atoms with E-state index in [0.29, 0.717) is 12.4 Å². The third kappa shape index (κ3) is 3.59. The fourth-order valence-electron chi connectivity index (χ4n) is 1.63. The molecule has 82 valence electrons. The van der Waals surface area contributed by atoms with Gasteiger partial charge >= 0.3 is 0 Å². The largest absolute Gasteiger partial charge is 0.214 e. The highest BCUT2D eigenvalue weighted by molar-refractivity contribution is 7.90. The molecule has 1 rings (SSSR count). The van der Waals surface area contributed by atoms with E-state index < -0.39 is 10.0 Å². The summed E-state index contributed by atoms with van der Waals surface area (Å²) in [5.41, 5.74) is 0. The molecule has 0 saturated heterocycles. The van der Waals surface area contributed by atoms with Crippen molar-refractivity contribution in [3.63, 3.8) is 0 Å². The van der Waals surface area contributed by atoms with Crippen molar-refractivity contribution >= 4 is 21.6 Å². The van der Waals surface area contributed by atoms with Gasteiger partial charge in [0, 0.05) is 12.4 Å². The summed E-state index contributed by atoms with van der Waals surface area (Å²) in [6.07, 6.45) is 7.13. The summed E-state index contributed by atoms with van der Waals surface area (Å²) in [4.78, 5) is 0. The van der Waals surface area contributed by atoms with Gasteiger partial charge in [-0.25, -0.2) is 13.1 Å². The van der Waals surface area contributed by atoms with Crippen LogP contribution in [0.15, 0.2) is 12.2 Å². The lowest BCUT2D eigenvalue weighted by Crippen LogP contribution is -2.32.